The molecule has 0 radical (unpaired) electrons. The number of aromatic nitrogens is 2. The number of nitrogens with zero attached hydrogens (tertiary/aromatic N) is 1. The third-order valence-corrected chi connectivity index (χ3v) is 3.14. The summed E-state index contributed by atoms with van der Waals surface area (Å²) in [7, 11) is 0. The van der Waals surface area contributed by atoms with Gasteiger partial charge in [0, 0.05) is 18.5 Å². The van der Waals surface area contributed by atoms with Crippen molar-refractivity contribution in [2.24, 2.45) is 0 Å². The molecule has 1 atom stereocenters. The van der Waals surface area contributed by atoms with Crippen molar-refractivity contribution in [3.8, 4) is 0 Å². The van der Waals surface area contributed by atoms with Gasteiger partial charge in [-0.3, -0.25) is 4.79 Å². The molecule has 2 rings (SSSR count). The van der Waals surface area contributed by atoms with Crippen LogP contribution in [0.15, 0.2) is 10.9 Å². The summed E-state index contributed by atoms with van der Waals surface area (Å²) < 4.78 is 0. The Hall–Kier alpha value is -1.36. The first kappa shape index (κ1) is 12.1. The maximum atomic E-state index is 11.4. The molecule has 1 aliphatic carbocycles. The quantitative estimate of drug-likeness (QED) is 0.719. The lowest BCUT2D eigenvalue weighted by molar-refractivity contribution is 0.0696. The molecule has 1 aromatic heterocycles. The fraction of sp³-hybridized carbons (Fsp3) is 0.667. The molecule has 1 aromatic rings. The number of hydrogen-bond donors (Lipinski definition) is 3. The van der Waals surface area contributed by atoms with E-state index in [1.54, 1.807) is 6.92 Å². The van der Waals surface area contributed by atoms with Crippen LogP contribution in [-0.4, -0.2) is 27.2 Å². The monoisotopic (exact) mass is 237 g/mol. The number of rotatable bonds is 5. The Morgan fingerprint density at radius 1 is 1.65 bits per heavy atom. The van der Waals surface area contributed by atoms with E-state index in [1.807, 2.05) is 6.92 Å². The summed E-state index contributed by atoms with van der Waals surface area (Å²) in [4.78, 5) is 18.5. The standard InChI is InChI=1S/C12H19N3O2/c1-3-12(2,17)7-13-9-6-10(16)15-11(14-9)8-4-5-8/h6,8,17H,3-5,7H2,1-2H3,(H2,13,14,15,16). The van der Waals surface area contributed by atoms with E-state index in [9.17, 15) is 9.90 Å². The van der Waals surface area contributed by atoms with Crippen LogP contribution in [0.25, 0.3) is 0 Å². The van der Waals surface area contributed by atoms with Crippen LogP contribution in [0.3, 0.4) is 0 Å². The highest BCUT2D eigenvalue weighted by Gasteiger charge is 2.26. The summed E-state index contributed by atoms with van der Waals surface area (Å²) in [6, 6.07) is 1.43. The fourth-order valence-corrected chi connectivity index (χ4v) is 1.52. The van der Waals surface area contributed by atoms with Crippen molar-refractivity contribution in [1.29, 1.82) is 0 Å². The number of anilines is 1. The molecule has 0 aliphatic heterocycles. The third kappa shape index (κ3) is 3.30. The zero-order valence-corrected chi connectivity index (χ0v) is 10.3. The second-order valence-corrected chi connectivity index (χ2v) is 4.99. The Kier molecular flexibility index (Phi) is 3.19. The maximum Gasteiger partial charge on any atom is 0.252 e. The summed E-state index contributed by atoms with van der Waals surface area (Å²) in [5.74, 6) is 1.72. The number of aromatic amines is 1. The van der Waals surface area contributed by atoms with Crippen LogP contribution in [0.4, 0.5) is 5.82 Å². The molecule has 1 unspecified atom stereocenters. The molecule has 1 heterocycles. The van der Waals surface area contributed by atoms with Gasteiger partial charge in [-0.1, -0.05) is 6.92 Å². The van der Waals surface area contributed by atoms with Crippen LogP contribution in [0.5, 0.6) is 0 Å². The smallest absolute Gasteiger partial charge is 0.252 e. The van der Waals surface area contributed by atoms with Crippen molar-refractivity contribution >= 4 is 5.82 Å². The molecule has 1 saturated carbocycles. The molecule has 0 bridgehead atoms. The summed E-state index contributed by atoms with van der Waals surface area (Å²) in [5.41, 5.74) is -0.912. The SMILES string of the molecule is CCC(C)(O)CNc1cc(=O)[nH]c(C2CC2)n1. The number of hydrogen-bond acceptors (Lipinski definition) is 4. The molecule has 0 aromatic carbocycles. The molecule has 5 nitrogen and oxygen atoms in total. The van der Waals surface area contributed by atoms with Crippen molar-refractivity contribution < 1.29 is 5.11 Å². The molecular formula is C12H19N3O2. The Balaban J connectivity index is 2.07. The van der Waals surface area contributed by atoms with Gasteiger partial charge in [0.2, 0.25) is 0 Å². The van der Waals surface area contributed by atoms with Crippen molar-refractivity contribution in [2.45, 2.75) is 44.6 Å². The minimum absolute atomic E-state index is 0.138. The lowest BCUT2D eigenvalue weighted by atomic mass is 10.0. The Bertz CT molecular complexity index is 449. The lowest BCUT2D eigenvalue weighted by Crippen LogP contribution is -2.33. The van der Waals surface area contributed by atoms with Gasteiger partial charge in [0.05, 0.1) is 5.60 Å². The van der Waals surface area contributed by atoms with E-state index in [-0.39, 0.29) is 5.56 Å². The summed E-state index contributed by atoms with van der Waals surface area (Å²) >= 11 is 0. The number of H-pyrrole nitrogens is 1. The Labute approximate surface area is 100 Å². The predicted octanol–water partition coefficient (Wildman–Crippen LogP) is 1.22. The molecule has 3 N–H and O–H groups in total. The molecule has 17 heavy (non-hydrogen) atoms. The van der Waals surface area contributed by atoms with E-state index >= 15 is 0 Å². The van der Waals surface area contributed by atoms with Crippen molar-refractivity contribution in [2.75, 3.05) is 11.9 Å². The average molecular weight is 237 g/mol. The van der Waals surface area contributed by atoms with Gasteiger partial charge in [0.1, 0.15) is 11.6 Å². The van der Waals surface area contributed by atoms with Crippen LogP contribution >= 0.6 is 0 Å². The van der Waals surface area contributed by atoms with Gasteiger partial charge in [0.15, 0.2) is 0 Å². The number of nitrogens with one attached hydrogen (secondary N) is 2. The first-order chi connectivity index (χ1) is 8.00. The first-order valence-electron chi connectivity index (χ1n) is 6.08. The molecule has 94 valence electrons. The summed E-state index contributed by atoms with van der Waals surface area (Å²) in [6.45, 7) is 4.07. The Morgan fingerprint density at radius 2 is 2.35 bits per heavy atom. The molecule has 0 spiro atoms. The summed E-state index contributed by atoms with van der Waals surface area (Å²) in [6.07, 6.45) is 2.84. The van der Waals surface area contributed by atoms with Crippen LogP contribution in [0, 0.1) is 0 Å². The van der Waals surface area contributed by atoms with Gasteiger partial charge in [-0.2, -0.15) is 0 Å². The largest absolute Gasteiger partial charge is 0.388 e. The molecule has 1 fully saturated rings. The Morgan fingerprint density at radius 3 is 2.94 bits per heavy atom. The molecule has 5 heteroatoms. The minimum atomic E-state index is -0.774. The third-order valence-electron chi connectivity index (χ3n) is 3.14. The van der Waals surface area contributed by atoms with E-state index in [0.717, 1.165) is 18.7 Å². The highest BCUT2D eigenvalue weighted by molar-refractivity contribution is 5.34. The normalized spacial score (nSPS) is 18.8. The first-order valence-corrected chi connectivity index (χ1v) is 6.08. The van der Waals surface area contributed by atoms with E-state index < -0.39 is 5.60 Å². The van der Waals surface area contributed by atoms with Crippen molar-refractivity contribution in [3.63, 3.8) is 0 Å². The van der Waals surface area contributed by atoms with Gasteiger partial charge >= 0.3 is 0 Å². The van der Waals surface area contributed by atoms with Gasteiger partial charge in [-0.25, -0.2) is 4.98 Å². The average Bonchev–Trinajstić information content (AvgIpc) is 3.10. The van der Waals surface area contributed by atoms with E-state index in [0.29, 0.717) is 24.7 Å². The highest BCUT2D eigenvalue weighted by atomic mass is 16.3. The van der Waals surface area contributed by atoms with Crippen LogP contribution in [0.2, 0.25) is 0 Å². The topological polar surface area (TPSA) is 78.0 Å². The van der Waals surface area contributed by atoms with Crippen molar-refractivity contribution in [3.05, 3.63) is 22.2 Å². The van der Waals surface area contributed by atoms with Gasteiger partial charge in [-0.05, 0) is 26.2 Å². The lowest BCUT2D eigenvalue weighted by Gasteiger charge is -2.21. The minimum Gasteiger partial charge on any atom is -0.388 e. The van der Waals surface area contributed by atoms with E-state index in [2.05, 4.69) is 15.3 Å². The fourth-order valence-electron chi connectivity index (χ4n) is 1.52. The van der Waals surface area contributed by atoms with E-state index in [1.165, 1.54) is 6.07 Å². The molecule has 0 saturated heterocycles. The molecular weight excluding hydrogens is 218 g/mol. The van der Waals surface area contributed by atoms with Crippen LogP contribution in [-0.2, 0) is 0 Å². The van der Waals surface area contributed by atoms with Gasteiger partial charge in [-0.15, -0.1) is 0 Å². The predicted molar refractivity (Wildman–Crippen MR) is 66.2 cm³/mol. The second kappa shape index (κ2) is 4.49. The number of aliphatic hydroxyl groups is 1. The summed E-state index contributed by atoms with van der Waals surface area (Å²) in [5, 5.41) is 12.9. The van der Waals surface area contributed by atoms with Crippen LogP contribution in [0.1, 0.15) is 44.9 Å². The van der Waals surface area contributed by atoms with Crippen LogP contribution < -0.4 is 10.9 Å². The maximum absolute atomic E-state index is 11.4. The van der Waals surface area contributed by atoms with Crippen molar-refractivity contribution in [1.82, 2.24) is 9.97 Å². The molecule has 0 amide bonds. The van der Waals surface area contributed by atoms with Gasteiger partial charge in [0.25, 0.3) is 5.56 Å². The zero-order valence-electron chi connectivity index (χ0n) is 10.3. The molecule has 1 aliphatic rings. The highest BCUT2D eigenvalue weighted by Crippen LogP contribution is 2.37. The van der Waals surface area contributed by atoms with E-state index in [4.69, 9.17) is 0 Å². The second-order valence-electron chi connectivity index (χ2n) is 4.99. The zero-order chi connectivity index (χ0) is 12.5. The van der Waals surface area contributed by atoms with Gasteiger partial charge < -0.3 is 15.4 Å².